The van der Waals surface area contributed by atoms with Crippen LogP contribution in [0.4, 0.5) is 0 Å². The molecule has 1 unspecified atom stereocenters. The van der Waals surface area contributed by atoms with E-state index in [1.807, 2.05) is 0 Å². The molecule has 1 atom stereocenters. The van der Waals surface area contributed by atoms with Gasteiger partial charge in [0.15, 0.2) is 0 Å². The van der Waals surface area contributed by atoms with E-state index in [9.17, 15) is 4.79 Å². The topological polar surface area (TPSA) is 71.2 Å². The number of thiazole rings is 1. The number of carbonyl (C=O) groups excluding carboxylic acids is 1. The molecule has 1 aromatic heterocycles. The van der Waals surface area contributed by atoms with Crippen LogP contribution in [0.25, 0.3) is 0 Å². The Morgan fingerprint density at radius 2 is 2.33 bits per heavy atom. The molecule has 0 radical (unpaired) electrons. The largest absolute Gasteiger partial charge is 0.303 e. The van der Waals surface area contributed by atoms with Crippen molar-refractivity contribution in [1.82, 2.24) is 15.3 Å². The molecular formula is C15H26N4OS. The Labute approximate surface area is 130 Å². The number of amides is 1. The normalized spacial score (nSPS) is 19.7. The van der Waals surface area contributed by atoms with Gasteiger partial charge in [0.2, 0.25) is 0 Å². The highest BCUT2D eigenvalue weighted by molar-refractivity contribution is 7.13. The number of nitrogens with one attached hydrogen (secondary N) is 1. The summed E-state index contributed by atoms with van der Waals surface area (Å²) >= 11 is 1.49. The predicted octanol–water partition coefficient (Wildman–Crippen LogP) is 1.97. The number of nitrogens with zero attached hydrogens (tertiary/aromatic N) is 2. The number of rotatable bonds is 6. The number of hydrazine groups is 1. The van der Waals surface area contributed by atoms with Gasteiger partial charge in [-0.05, 0) is 31.7 Å². The molecular weight excluding hydrogens is 284 g/mol. The zero-order valence-electron chi connectivity index (χ0n) is 13.0. The number of nitrogens with two attached hydrogens (primary N) is 1. The number of hydrogen-bond donors (Lipinski definition) is 2. The molecule has 0 aliphatic carbocycles. The molecule has 1 aliphatic heterocycles. The van der Waals surface area contributed by atoms with Crippen molar-refractivity contribution in [3.63, 3.8) is 0 Å². The number of carbonyl (C=O) groups is 1. The van der Waals surface area contributed by atoms with Crippen molar-refractivity contribution < 1.29 is 4.79 Å². The maximum Gasteiger partial charge on any atom is 0.277 e. The van der Waals surface area contributed by atoms with Crippen molar-refractivity contribution in [1.29, 1.82) is 0 Å². The van der Waals surface area contributed by atoms with Crippen molar-refractivity contribution >= 4 is 17.2 Å². The standard InChI is InChI=1S/C15H26N4OS/c1-3-5-12-14(15(20)18-16)21-13(17-12)7-9-19-8-4-6-11(2)10-19/h11H,3-10,16H2,1-2H3,(H,18,20). The lowest BCUT2D eigenvalue weighted by Gasteiger charge is -2.30. The quantitative estimate of drug-likeness (QED) is 0.479. The lowest BCUT2D eigenvalue weighted by Crippen LogP contribution is -2.35. The molecule has 2 rings (SSSR count). The third-order valence-corrected chi connectivity index (χ3v) is 5.10. The fourth-order valence-corrected chi connectivity index (χ4v) is 3.90. The Bertz CT molecular complexity index is 474. The van der Waals surface area contributed by atoms with Gasteiger partial charge in [-0.25, -0.2) is 10.8 Å². The van der Waals surface area contributed by atoms with Gasteiger partial charge < -0.3 is 4.90 Å². The maximum absolute atomic E-state index is 11.8. The Morgan fingerprint density at radius 3 is 3.00 bits per heavy atom. The van der Waals surface area contributed by atoms with Gasteiger partial charge in [0.25, 0.3) is 5.91 Å². The number of hydrogen-bond acceptors (Lipinski definition) is 5. The first kappa shape index (κ1) is 16.4. The van der Waals surface area contributed by atoms with Crippen molar-refractivity contribution in [2.24, 2.45) is 11.8 Å². The molecule has 2 heterocycles. The van der Waals surface area contributed by atoms with E-state index in [0.29, 0.717) is 4.88 Å². The zero-order chi connectivity index (χ0) is 15.2. The Morgan fingerprint density at radius 1 is 1.52 bits per heavy atom. The summed E-state index contributed by atoms with van der Waals surface area (Å²) in [4.78, 5) is 19.6. The molecule has 5 nitrogen and oxygen atoms in total. The van der Waals surface area contributed by atoms with Gasteiger partial charge in [0, 0.05) is 19.5 Å². The van der Waals surface area contributed by atoms with Crippen LogP contribution in [0.5, 0.6) is 0 Å². The summed E-state index contributed by atoms with van der Waals surface area (Å²) in [5.74, 6) is 5.84. The summed E-state index contributed by atoms with van der Waals surface area (Å²) in [7, 11) is 0. The third kappa shape index (κ3) is 4.49. The van der Waals surface area contributed by atoms with Gasteiger partial charge in [0.05, 0.1) is 10.7 Å². The Hall–Kier alpha value is -0.980. The predicted molar refractivity (Wildman–Crippen MR) is 86.3 cm³/mol. The maximum atomic E-state index is 11.8. The fraction of sp³-hybridized carbons (Fsp3) is 0.733. The van der Waals surface area contributed by atoms with Gasteiger partial charge in [0.1, 0.15) is 4.88 Å². The molecule has 0 saturated carbocycles. The van der Waals surface area contributed by atoms with Gasteiger partial charge >= 0.3 is 0 Å². The van der Waals surface area contributed by atoms with Crippen molar-refractivity contribution in [2.45, 2.75) is 46.0 Å². The number of likely N-dealkylation sites (tertiary alicyclic amines) is 1. The van der Waals surface area contributed by atoms with Gasteiger partial charge in [-0.2, -0.15) is 0 Å². The van der Waals surface area contributed by atoms with Crippen LogP contribution in [-0.2, 0) is 12.8 Å². The minimum absolute atomic E-state index is 0.214. The van der Waals surface area contributed by atoms with Crippen LogP contribution < -0.4 is 11.3 Å². The molecule has 0 aromatic carbocycles. The monoisotopic (exact) mass is 310 g/mol. The van der Waals surface area contributed by atoms with Crippen LogP contribution >= 0.6 is 11.3 Å². The average molecular weight is 310 g/mol. The van der Waals surface area contributed by atoms with Gasteiger partial charge in [-0.15, -0.1) is 11.3 Å². The summed E-state index contributed by atoms with van der Waals surface area (Å²) in [6.45, 7) is 7.82. The lowest BCUT2D eigenvalue weighted by molar-refractivity contribution is 0.0956. The fourth-order valence-electron chi connectivity index (χ4n) is 2.90. The molecule has 3 N–H and O–H groups in total. The zero-order valence-corrected chi connectivity index (χ0v) is 13.8. The molecule has 1 amide bonds. The first-order valence-corrected chi connectivity index (χ1v) is 8.67. The second-order valence-corrected chi connectivity index (χ2v) is 6.99. The van der Waals surface area contributed by atoms with Crippen molar-refractivity contribution in [3.8, 4) is 0 Å². The van der Waals surface area contributed by atoms with Crippen LogP contribution in [-0.4, -0.2) is 35.4 Å². The summed E-state index contributed by atoms with van der Waals surface area (Å²) in [6, 6.07) is 0. The first-order chi connectivity index (χ1) is 10.1. The number of piperidine rings is 1. The van der Waals surface area contributed by atoms with E-state index in [-0.39, 0.29) is 5.91 Å². The van der Waals surface area contributed by atoms with Crippen LogP contribution in [0.2, 0.25) is 0 Å². The van der Waals surface area contributed by atoms with E-state index < -0.39 is 0 Å². The number of nitrogen functional groups attached to an aromatic ring is 1. The van der Waals surface area contributed by atoms with Crippen LogP contribution in [0.3, 0.4) is 0 Å². The van der Waals surface area contributed by atoms with E-state index in [1.54, 1.807) is 0 Å². The van der Waals surface area contributed by atoms with Gasteiger partial charge in [-0.1, -0.05) is 20.3 Å². The Balaban J connectivity index is 1.97. The van der Waals surface area contributed by atoms with Crippen molar-refractivity contribution in [2.75, 3.05) is 19.6 Å². The van der Waals surface area contributed by atoms with Crippen molar-refractivity contribution in [3.05, 3.63) is 15.6 Å². The second kappa shape index (κ2) is 7.87. The number of aromatic nitrogens is 1. The minimum atomic E-state index is -0.214. The molecule has 6 heteroatoms. The van der Waals surface area contributed by atoms with E-state index in [4.69, 9.17) is 5.84 Å². The highest BCUT2D eigenvalue weighted by Crippen LogP contribution is 2.22. The summed E-state index contributed by atoms with van der Waals surface area (Å²) in [6.07, 6.45) is 5.37. The highest BCUT2D eigenvalue weighted by Gasteiger charge is 2.19. The molecule has 0 spiro atoms. The minimum Gasteiger partial charge on any atom is -0.303 e. The van der Waals surface area contributed by atoms with Crippen LogP contribution in [0.1, 0.15) is 53.5 Å². The molecule has 21 heavy (non-hydrogen) atoms. The Kier molecular flexibility index (Phi) is 6.14. The van der Waals surface area contributed by atoms with E-state index in [2.05, 4.69) is 29.2 Å². The lowest BCUT2D eigenvalue weighted by atomic mass is 10.0. The smallest absolute Gasteiger partial charge is 0.277 e. The second-order valence-electron chi connectivity index (χ2n) is 5.90. The summed E-state index contributed by atoms with van der Waals surface area (Å²) in [5, 5.41) is 1.05. The molecule has 1 fully saturated rings. The summed E-state index contributed by atoms with van der Waals surface area (Å²) < 4.78 is 0. The first-order valence-electron chi connectivity index (χ1n) is 7.86. The van der Waals surface area contributed by atoms with E-state index >= 15 is 0 Å². The van der Waals surface area contributed by atoms with Crippen LogP contribution in [0, 0.1) is 5.92 Å². The highest BCUT2D eigenvalue weighted by atomic mass is 32.1. The SMILES string of the molecule is CCCc1nc(CCN2CCCC(C)C2)sc1C(=O)NN. The van der Waals surface area contributed by atoms with E-state index in [0.717, 1.165) is 42.4 Å². The average Bonchev–Trinajstić information content (AvgIpc) is 2.88. The van der Waals surface area contributed by atoms with Gasteiger partial charge in [-0.3, -0.25) is 10.2 Å². The summed E-state index contributed by atoms with van der Waals surface area (Å²) in [5.41, 5.74) is 3.12. The molecule has 1 aromatic rings. The third-order valence-electron chi connectivity index (χ3n) is 3.95. The number of aryl methyl sites for hydroxylation is 1. The molecule has 1 saturated heterocycles. The van der Waals surface area contributed by atoms with E-state index in [1.165, 1.54) is 37.3 Å². The van der Waals surface area contributed by atoms with Crippen LogP contribution in [0.15, 0.2) is 0 Å². The molecule has 118 valence electrons. The molecule has 1 aliphatic rings. The molecule has 0 bridgehead atoms.